The fraction of sp³-hybridized carbons (Fsp3) is 0.700. The van der Waals surface area contributed by atoms with Crippen molar-refractivity contribution in [2.45, 2.75) is 46.6 Å². The van der Waals surface area contributed by atoms with E-state index in [1.54, 1.807) is 0 Å². The molecule has 1 aliphatic heterocycles. The highest BCUT2D eigenvalue weighted by atomic mass is 16.5. The van der Waals surface area contributed by atoms with Crippen LogP contribution in [-0.4, -0.2) is 55.6 Å². The molecule has 1 aromatic carbocycles. The Bertz CT molecular complexity index is 518. The third-order valence-electron chi connectivity index (χ3n) is 4.92. The van der Waals surface area contributed by atoms with Crippen molar-refractivity contribution in [3.8, 4) is 5.75 Å². The highest BCUT2D eigenvalue weighted by Crippen LogP contribution is 2.26. The summed E-state index contributed by atoms with van der Waals surface area (Å²) in [6.07, 6.45) is 1.95. The topological polar surface area (TPSA) is 41.9 Å². The number of aliphatic hydroxyl groups excluding tert-OH is 1. The molecular formula is C20H33NO3. The van der Waals surface area contributed by atoms with Gasteiger partial charge in [0.25, 0.3) is 0 Å². The van der Waals surface area contributed by atoms with Crippen LogP contribution < -0.4 is 4.74 Å². The lowest BCUT2D eigenvalue weighted by Crippen LogP contribution is -2.42. The minimum absolute atomic E-state index is 0.345. The van der Waals surface area contributed by atoms with Crippen LogP contribution in [-0.2, 0) is 4.74 Å². The summed E-state index contributed by atoms with van der Waals surface area (Å²) in [4.78, 5) is 2.34. The lowest BCUT2D eigenvalue weighted by Gasteiger charge is -2.33. The molecule has 0 saturated carbocycles. The molecule has 4 heteroatoms. The number of piperidine rings is 1. The molecule has 24 heavy (non-hydrogen) atoms. The fourth-order valence-electron chi connectivity index (χ4n) is 3.42. The summed E-state index contributed by atoms with van der Waals surface area (Å²) in [5, 5.41) is 10.4. The Balaban J connectivity index is 1.81. The summed E-state index contributed by atoms with van der Waals surface area (Å²) in [7, 11) is 0. The second kappa shape index (κ2) is 9.40. The maximum Gasteiger partial charge on any atom is 0.125 e. The van der Waals surface area contributed by atoms with Gasteiger partial charge in [-0.2, -0.15) is 0 Å². The molecule has 0 bridgehead atoms. The van der Waals surface area contributed by atoms with E-state index in [-0.39, 0.29) is 0 Å². The van der Waals surface area contributed by atoms with Gasteiger partial charge in [0.2, 0.25) is 0 Å². The lowest BCUT2D eigenvalue weighted by molar-refractivity contribution is 0.0299. The number of ether oxygens (including phenoxy) is 2. The van der Waals surface area contributed by atoms with Crippen LogP contribution in [0.3, 0.4) is 0 Å². The molecule has 1 N–H and O–H groups in total. The molecule has 0 aliphatic carbocycles. The van der Waals surface area contributed by atoms with Crippen molar-refractivity contribution < 1.29 is 14.6 Å². The molecule has 1 heterocycles. The van der Waals surface area contributed by atoms with E-state index in [1.165, 1.54) is 18.4 Å². The van der Waals surface area contributed by atoms with E-state index in [0.717, 1.165) is 43.2 Å². The molecule has 2 atom stereocenters. The van der Waals surface area contributed by atoms with Crippen LogP contribution in [0.25, 0.3) is 0 Å². The third-order valence-corrected chi connectivity index (χ3v) is 4.92. The van der Waals surface area contributed by atoms with Gasteiger partial charge < -0.3 is 19.5 Å². The Morgan fingerprint density at radius 3 is 2.75 bits per heavy atom. The molecule has 1 aliphatic rings. The van der Waals surface area contributed by atoms with Crippen molar-refractivity contribution in [2.75, 3.05) is 39.5 Å². The van der Waals surface area contributed by atoms with Gasteiger partial charge in [-0.3, -0.25) is 0 Å². The zero-order valence-corrected chi connectivity index (χ0v) is 15.7. The number of nitrogens with zero attached hydrogens (tertiary/aromatic N) is 1. The number of hydrogen-bond donors (Lipinski definition) is 1. The summed E-state index contributed by atoms with van der Waals surface area (Å²) in [5.74, 6) is 1.51. The van der Waals surface area contributed by atoms with E-state index >= 15 is 0 Å². The van der Waals surface area contributed by atoms with Gasteiger partial charge in [0, 0.05) is 19.7 Å². The molecule has 1 saturated heterocycles. The molecule has 0 aromatic heterocycles. The first-order valence-corrected chi connectivity index (χ1v) is 9.19. The van der Waals surface area contributed by atoms with Crippen molar-refractivity contribution in [2.24, 2.45) is 5.92 Å². The molecule has 1 fully saturated rings. The first kappa shape index (κ1) is 19.2. The molecule has 2 rings (SSSR count). The highest BCUT2D eigenvalue weighted by Gasteiger charge is 2.22. The van der Waals surface area contributed by atoms with E-state index in [9.17, 15) is 5.11 Å². The molecule has 1 aromatic rings. The van der Waals surface area contributed by atoms with Gasteiger partial charge in [0.1, 0.15) is 18.5 Å². The second-order valence-corrected chi connectivity index (χ2v) is 7.05. The van der Waals surface area contributed by atoms with Crippen molar-refractivity contribution >= 4 is 0 Å². The molecule has 0 spiro atoms. The van der Waals surface area contributed by atoms with Gasteiger partial charge in [-0.25, -0.2) is 0 Å². The number of likely N-dealkylation sites (tertiary alicyclic amines) is 1. The van der Waals surface area contributed by atoms with Crippen LogP contribution in [0.5, 0.6) is 5.75 Å². The van der Waals surface area contributed by atoms with E-state index in [0.29, 0.717) is 19.1 Å². The summed E-state index contributed by atoms with van der Waals surface area (Å²) >= 11 is 0. The Morgan fingerprint density at radius 1 is 1.25 bits per heavy atom. The summed E-state index contributed by atoms with van der Waals surface area (Å²) in [6, 6.07) is 4.19. The second-order valence-electron chi connectivity index (χ2n) is 7.05. The largest absolute Gasteiger partial charge is 0.490 e. The van der Waals surface area contributed by atoms with Crippen molar-refractivity contribution in [3.05, 3.63) is 28.8 Å². The molecule has 0 radical (unpaired) electrons. The third kappa shape index (κ3) is 5.47. The van der Waals surface area contributed by atoms with Crippen LogP contribution in [0, 0.1) is 26.7 Å². The average Bonchev–Trinajstić information content (AvgIpc) is 2.57. The molecule has 0 amide bonds. The molecular weight excluding hydrogens is 302 g/mol. The van der Waals surface area contributed by atoms with Gasteiger partial charge in [-0.15, -0.1) is 0 Å². The van der Waals surface area contributed by atoms with Gasteiger partial charge in [-0.05, 0) is 69.7 Å². The number of rotatable bonds is 8. The van der Waals surface area contributed by atoms with Crippen molar-refractivity contribution in [1.29, 1.82) is 0 Å². The first-order chi connectivity index (χ1) is 11.5. The first-order valence-electron chi connectivity index (χ1n) is 9.19. The Kier molecular flexibility index (Phi) is 7.53. The zero-order valence-electron chi connectivity index (χ0n) is 15.7. The van der Waals surface area contributed by atoms with Gasteiger partial charge in [-0.1, -0.05) is 12.1 Å². The average molecular weight is 335 g/mol. The number of β-amino-alcohol motifs (C(OH)–C–C–N with tert-alkyl or cyclic N) is 1. The normalized spacial score (nSPS) is 20.1. The summed E-state index contributed by atoms with van der Waals surface area (Å²) in [6.45, 7) is 13.0. The maximum absolute atomic E-state index is 10.4. The predicted octanol–water partition coefficient (Wildman–Crippen LogP) is 3.10. The van der Waals surface area contributed by atoms with Crippen LogP contribution in [0.15, 0.2) is 12.1 Å². The number of aliphatic hydroxyl groups is 1. The number of benzene rings is 1. The highest BCUT2D eigenvalue weighted by molar-refractivity contribution is 5.44. The lowest BCUT2D eigenvalue weighted by atomic mass is 9.99. The quantitative estimate of drug-likeness (QED) is 0.793. The Hall–Kier alpha value is -1.10. The van der Waals surface area contributed by atoms with Gasteiger partial charge in [0.15, 0.2) is 0 Å². The maximum atomic E-state index is 10.4. The Labute approximate surface area is 146 Å². The fourth-order valence-corrected chi connectivity index (χ4v) is 3.42. The smallest absolute Gasteiger partial charge is 0.125 e. The monoisotopic (exact) mass is 335 g/mol. The van der Waals surface area contributed by atoms with Crippen molar-refractivity contribution in [3.63, 3.8) is 0 Å². The summed E-state index contributed by atoms with van der Waals surface area (Å²) in [5.41, 5.74) is 3.51. The molecule has 136 valence electrons. The van der Waals surface area contributed by atoms with Crippen LogP contribution >= 0.6 is 0 Å². The number of aryl methyl sites for hydroxylation is 2. The standard InChI is InChI=1S/C20H33NO3/c1-5-23-13-18-7-6-10-21(11-18)12-19(22)14-24-20-16(3)9-8-15(2)17(20)4/h8-9,18-19,22H,5-7,10-14H2,1-4H3. The van der Waals surface area contributed by atoms with Crippen LogP contribution in [0.2, 0.25) is 0 Å². The Morgan fingerprint density at radius 2 is 2.00 bits per heavy atom. The van der Waals surface area contributed by atoms with E-state index in [2.05, 4.69) is 37.8 Å². The van der Waals surface area contributed by atoms with E-state index in [4.69, 9.17) is 9.47 Å². The molecule has 4 nitrogen and oxygen atoms in total. The van der Waals surface area contributed by atoms with Gasteiger partial charge in [0.05, 0.1) is 6.61 Å². The van der Waals surface area contributed by atoms with E-state index in [1.807, 2.05) is 6.92 Å². The SMILES string of the molecule is CCOCC1CCCN(CC(O)COc2c(C)ccc(C)c2C)C1. The number of hydrogen-bond acceptors (Lipinski definition) is 4. The summed E-state index contributed by atoms with van der Waals surface area (Å²) < 4.78 is 11.5. The van der Waals surface area contributed by atoms with Gasteiger partial charge >= 0.3 is 0 Å². The minimum atomic E-state index is -0.463. The van der Waals surface area contributed by atoms with Crippen LogP contribution in [0.4, 0.5) is 0 Å². The van der Waals surface area contributed by atoms with Crippen molar-refractivity contribution in [1.82, 2.24) is 4.90 Å². The van der Waals surface area contributed by atoms with E-state index < -0.39 is 6.10 Å². The minimum Gasteiger partial charge on any atom is -0.490 e. The van der Waals surface area contributed by atoms with Crippen LogP contribution in [0.1, 0.15) is 36.5 Å². The predicted molar refractivity (Wildman–Crippen MR) is 97.8 cm³/mol. The zero-order chi connectivity index (χ0) is 17.5. The molecule has 2 unspecified atom stereocenters.